The lowest BCUT2D eigenvalue weighted by atomic mass is 10.2. The van der Waals surface area contributed by atoms with Crippen molar-refractivity contribution in [2.24, 2.45) is 0 Å². The monoisotopic (exact) mass is 273 g/mol. The molecule has 3 rings (SSSR count). The molecule has 0 amide bonds. The predicted molar refractivity (Wildman–Crippen MR) is 74.3 cm³/mol. The third-order valence-electron chi connectivity index (χ3n) is 2.78. The van der Waals surface area contributed by atoms with Crippen LogP contribution >= 0.6 is 11.6 Å². The second-order valence-corrected chi connectivity index (χ2v) is 4.66. The first-order valence-corrected chi connectivity index (χ1v) is 6.27. The van der Waals surface area contributed by atoms with Gasteiger partial charge in [-0.15, -0.1) is 15.3 Å². The van der Waals surface area contributed by atoms with E-state index in [1.807, 2.05) is 43.3 Å². The Morgan fingerprint density at radius 3 is 2.95 bits per heavy atom. The van der Waals surface area contributed by atoms with Gasteiger partial charge in [-0.1, -0.05) is 23.7 Å². The van der Waals surface area contributed by atoms with Crippen molar-refractivity contribution >= 4 is 23.1 Å². The van der Waals surface area contributed by atoms with E-state index in [4.69, 9.17) is 11.6 Å². The van der Waals surface area contributed by atoms with E-state index in [-0.39, 0.29) is 0 Å². The van der Waals surface area contributed by atoms with E-state index in [0.717, 1.165) is 27.9 Å². The largest absolute Gasteiger partial charge is 0.365 e. The maximum Gasteiger partial charge on any atom is 0.178 e. The molecule has 0 aliphatic heterocycles. The Morgan fingerprint density at radius 1 is 1.21 bits per heavy atom. The van der Waals surface area contributed by atoms with Gasteiger partial charge in [0.2, 0.25) is 0 Å². The number of nitrogens with zero attached hydrogens (tertiary/aromatic N) is 4. The fraction of sp³-hybridized carbons (Fsp3) is 0.154. The zero-order valence-corrected chi connectivity index (χ0v) is 11.1. The highest BCUT2D eigenvalue weighted by Crippen LogP contribution is 2.12. The highest BCUT2D eigenvalue weighted by molar-refractivity contribution is 6.30. The maximum absolute atomic E-state index is 5.95. The summed E-state index contributed by atoms with van der Waals surface area (Å²) >= 11 is 5.95. The summed E-state index contributed by atoms with van der Waals surface area (Å²) in [6.45, 7) is 2.54. The molecule has 0 bridgehead atoms. The average molecular weight is 274 g/mol. The van der Waals surface area contributed by atoms with Gasteiger partial charge in [0.05, 0.1) is 0 Å². The van der Waals surface area contributed by atoms with E-state index < -0.39 is 0 Å². The lowest BCUT2D eigenvalue weighted by molar-refractivity contribution is 0.871. The van der Waals surface area contributed by atoms with Crippen molar-refractivity contribution in [1.29, 1.82) is 0 Å². The number of hydrogen-bond donors (Lipinski definition) is 1. The average Bonchev–Trinajstić information content (AvgIpc) is 2.78. The molecule has 3 aromatic rings. The highest BCUT2D eigenvalue weighted by atomic mass is 35.5. The van der Waals surface area contributed by atoms with E-state index in [9.17, 15) is 0 Å². The standard InChI is InChI=1S/C13H12ClN5/c1-9-16-17-13-6-5-12(18-19(9)13)15-8-10-3-2-4-11(14)7-10/h2-7H,8H2,1H3,(H,15,18). The van der Waals surface area contributed by atoms with Gasteiger partial charge in [-0.3, -0.25) is 0 Å². The Kier molecular flexibility index (Phi) is 3.05. The molecule has 2 aromatic heterocycles. The third kappa shape index (κ3) is 2.51. The second kappa shape index (κ2) is 4.85. The first-order valence-electron chi connectivity index (χ1n) is 5.90. The molecule has 5 nitrogen and oxygen atoms in total. The van der Waals surface area contributed by atoms with Crippen molar-refractivity contribution in [2.45, 2.75) is 13.5 Å². The number of hydrogen-bond acceptors (Lipinski definition) is 4. The Labute approximate surface area is 115 Å². The molecule has 1 aromatic carbocycles. The molecule has 0 fully saturated rings. The van der Waals surface area contributed by atoms with Gasteiger partial charge in [0.1, 0.15) is 5.82 Å². The van der Waals surface area contributed by atoms with Crippen LogP contribution in [0.15, 0.2) is 36.4 Å². The van der Waals surface area contributed by atoms with Crippen LogP contribution < -0.4 is 5.32 Å². The molecule has 0 aliphatic carbocycles. The Balaban J connectivity index is 1.79. The fourth-order valence-electron chi connectivity index (χ4n) is 1.83. The number of nitrogens with one attached hydrogen (secondary N) is 1. The zero-order chi connectivity index (χ0) is 13.2. The summed E-state index contributed by atoms with van der Waals surface area (Å²) in [6, 6.07) is 11.5. The summed E-state index contributed by atoms with van der Waals surface area (Å²) in [5.41, 5.74) is 1.85. The van der Waals surface area contributed by atoms with E-state index in [1.165, 1.54) is 0 Å². The van der Waals surface area contributed by atoms with Crippen molar-refractivity contribution in [3.8, 4) is 0 Å². The topological polar surface area (TPSA) is 55.1 Å². The van der Waals surface area contributed by atoms with Crippen LogP contribution in [0, 0.1) is 6.92 Å². The molecule has 2 heterocycles. The van der Waals surface area contributed by atoms with Crippen LogP contribution in [0.3, 0.4) is 0 Å². The van der Waals surface area contributed by atoms with Crippen molar-refractivity contribution in [1.82, 2.24) is 19.8 Å². The molecule has 0 radical (unpaired) electrons. The number of aryl methyl sites for hydroxylation is 1. The number of rotatable bonds is 3. The van der Waals surface area contributed by atoms with E-state index in [1.54, 1.807) is 4.52 Å². The number of aromatic nitrogens is 4. The van der Waals surface area contributed by atoms with Gasteiger partial charge in [-0.05, 0) is 36.8 Å². The lowest BCUT2D eigenvalue weighted by Gasteiger charge is -2.06. The smallest absolute Gasteiger partial charge is 0.178 e. The molecule has 96 valence electrons. The van der Waals surface area contributed by atoms with Crippen LogP contribution in [0.4, 0.5) is 5.82 Å². The van der Waals surface area contributed by atoms with Crippen LogP contribution in [0.2, 0.25) is 5.02 Å². The minimum Gasteiger partial charge on any atom is -0.365 e. The van der Waals surface area contributed by atoms with Gasteiger partial charge in [-0.2, -0.15) is 4.52 Å². The molecule has 0 aliphatic rings. The molecule has 1 N–H and O–H groups in total. The van der Waals surface area contributed by atoms with Gasteiger partial charge in [-0.25, -0.2) is 0 Å². The molecule has 6 heteroatoms. The molecule has 0 saturated carbocycles. The molecule has 0 spiro atoms. The summed E-state index contributed by atoms with van der Waals surface area (Å²) < 4.78 is 1.71. The summed E-state index contributed by atoms with van der Waals surface area (Å²) in [5.74, 6) is 1.54. The van der Waals surface area contributed by atoms with Gasteiger partial charge in [0, 0.05) is 11.6 Å². The highest BCUT2D eigenvalue weighted by Gasteiger charge is 2.03. The fourth-order valence-corrected chi connectivity index (χ4v) is 2.04. The summed E-state index contributed by atoms with van der Waals surface area (Å²) in [6.07, 6.45) is 0. The van der Waals surface area contributed by atoms with Crippen molar-refractivity contribution in [3.05, 3.63) is 52.8 Å². The van der Waals surface area contributed by atoms with E-state index >= 15 is 0 Å². The molecule has 19 heavy (non-hydrogen) atoms. The Morgan fingerprint density at radius 2 is 2.11 bits per heavy atom. The molecular formula is C13H12ClN5. The van der Waals surface area contributed by atoms with Crippen LogP contribution in [-0.4, -0.2) is 19.8 Å². The van der Waals surface area contributed by atoms with Gasteiger partial charge >= 0.3 is 0 Å². The van der Waals surface area contributed by atoms with Crippen molar-refractivity contribution < 1.29 is 0 Å². The van der Waals surface area contributed by atoms with Crippen molar-refractivity contribution in [2.75, 3.05) is 5.32 Å². The number of anilines is 1. The van der Waals surface area contributed by atoms with Crippen LogP contribution in [0.1, 0.15) is 11.4 Å². The summed E-state index contributed by atoms with van der Waals surface area (Å²) in [4.78, 5) is 0. The molecule has 0 unspecified atom stereocenters. The SMILES string of the molecule is Cc1nnc2ccc(NCc3cccc(Cl)c3)nn12. The first-order chi connectivity index (χ1) is 9.22. The minimum atomic E-state index is 0.667. The third-order valence-corrected chi connectivity index (χ3v) is 3.02. The summed E-state index contributed by atoms with van der Waals surface area (Å²) in [5, 5.41) is 16.4. The Bertz CT molecular complexity index is 722. The van der Waals surface area contributed by atoms with E-state index in [0.29, 0.717) is 6.54 Å². The van der Waals surface area contributed by atoms with Crippen LogP contribution in [-0.2, 0) is 6.54 Å². The minimum absolute atomic E-state index is 0.667. The van der Waals surface area contributed by atoms with E-state index in [2.05, 4.69) is 20.6 Å². The van der Waals surface area contributed by atoms with Gasteiger partial charge < -0.3 is 5.32 Å². The zero-order valence-electron chi connectivity index (χ0n) is 10.3. The number of benzene rings is 1. The second-order valence-electron chi connectivity index (χ2n) is 4.22. The predicted octanol–water partition coefficient (Wildman–Crippen LogP) is 2.70. The van der Waals surface area contributed by atoms with Crippen LogP contribution in [0.25, 0.3) is 5.65 Å². The quantitative estimate of drug-likeness (QED) is 0.797. The Hall–Kier alpha value is -2.14. The molecule has 0 saturated heterocycles. The normalized spacial score (nSPS) is 10.8. The summed E-state index contributed by atoms with van der Waals surface area (Å²) in [7, 11) is 0. The van der Waals surface area contributed by atoms with Gasteiger partial charge in [0.15, 0.2) is 11.5 Å². The maximum atomic E-state index is 5.95. The molecular weight excluding hydrogens is 262 g/mol. The lowest BCUT2D eigenvalue weighted by Crippen LogP contribution is -2.04. The molecule has 0 atom stereocenters. The number of fused-ring (bicyclic) bond motifs is 1. The van der Waals surface area contributed by atoms with Crippen LogP contribution in [0.5, 0.6) is 0 Å². The van der Waals surface area contributed by atoms with Gasteiger partial charge in [0.25, 0.3) is 0 Å². The number of halogens is 1. The van der Waals surface area contributed by atoms with Crippen molar-refractivity contribution in [3.63, 3.8) is 0 Å². The first kappa shape index (κ1) is 11.9.